The van der Waals surface area contributed by atoms with Gasteiger partial charge in [-0.1, -0.05) is 6.92 Å². The van der Waals surface area contributed by atoms with Gasteiger partial charge in [-0.05, 0) is 46.1 Å². The Morgan fingerprint density at radius 3 is 2.74 bits per heavy atom. The molecule has 0 unspecified atom stereocenters. The van der Waals surface area contributed by atoms with E-state index in [1.54, 1.807) is 18.2 Å². The molecule has 0 radical (unpaired) electrons. The summed E-state index contributed by atoms with van der Waals surface area (Å²) in [5, 5.41) is 0. The number of pyridine rings is 1. The van der Waals surface area contributed by atoms with Gasteiger partial charge in [-0.25, -0.2) is 9.37 Å². The summed E-state index contributed by atoms with van der Waals surface area (Å²) >= 11 is 3.10. The van der Waals surface area contributed by atoms with Gasteiger partial charge >= 0.3 is 0 Å². The number of nitrogens with zero attached hydrogens (tertiary/aromatic N) is 1. The molecule has 3 nitrogen and oxygen atoms in total. The minimum Gasteiger partial charge on any atom is -0.439 e. The van der Waals surface area contributed by atoms with E-state index in [1.165, 1.54) is 6.07 Å². The Morgan fingerprint density at radius 1 is 1.32 bits per heavy atom. The lowest BCUT2D eigenvalue weighted by Gasteiger charge is -2.09. The fraction of sp³-hybridized carbons (Fsp3) is 0.214. The van der Waals surface area contributed by atoms with Crippen molar-refractivity contribution in [3.63, 3.8) is 0 Å². The standard InChI is InChI=1S/C14H14BrFN2O/c1-2-10-5-9(8-17)6-14(18-10)19-11-3-4-12(15)13(16)7-11/h3-7H,2,8,17H2,1H3. The third-order valence-corrected chi connectivity index (χ3v) is 3.27. The average Bonchev–Trinajstić information content (AvgIpc) is 2.42. The topological polar surface area (TPSA) is 48.1 Å². The van der Waals surface area contributed by atoms with Gasteiger partial charge in [0.05, 0.1) is 4.47 Å². The van der Waals surface area contributed by atoms with Crippen molar-refractivity contribution in [1.82, 2.24) is 4.98 Å². The molecule has 0 aliphatic rings. The van der Waals surface area contributed by atoms with Crippen molar-refractivity contribution >= 4 is 15.9 Å². The Kier molecular flexibility index (Phi) is 4.50. The Balaban J connectivity index is 2.29. The summed E-state index contributed by atoms with van der Waals surface area (Å²) in [7, 11) is 0. The van der Waals surface area contributed by atoms with Crippen LogP contribution in [0.3, 0.4) is 0 Å². The van der Waals surface area contributed by atoms with Crippen molar-refractivity contribution in [1.29, 1.82) is 0 Å². The smallest absolute Gasteiger partial charge is 0.219 e. The van der Waals surface area contributed by atoms with Crippen LogP contribution in [-0.2, 0) is 13.0 Å². The van der Waals surface area contributed by atoms with E-state index in [9.17, 15) is 4.39 Å². The maximum atomic E-state index is 13.4. The molecule has 1 heterocycles. The second-order valence-corrected chi connectivity index (χ2v) is 4.89. The molecule has 2 N–H and O–H groups in total. The summed E-state index contributed by atoms with van der Waals surface area (Å²) in [6.07, 6.45) is 0.791. The van der Waals surface area contributed by atoms with E-state index in [0.717, 1.165) is 17.7 Å². The monoisotopic (exact) mass is 324 g/mol. The Morgan fingerprint density at radius 2 is 2.11 bits per heavy atom. The average molecular weight is 325 g/mol. The number of hydrogen-bond acceptors (Lipinski definition) is 3. The minimum atomic E-state index is -0.372. The van der Waals surface area contributed by atoms with E-state index < -0.39 is 0 Å². The van der Waals surface area contributed by atoms with Gasteiger partial charge in [-0.15, -0.1) is 0 Å². The second-order valence-electron chi connectivity index (χ2n) is 4.04. The van der Waals surface area contributed by atoms with E-state index >= 15 is 0 Å². The molecule has 1 aromatic heterocycles. The summed E-state index contributed by atoms with van der Waals surface area (Å²) in [6.45, 7) is 2.42. The van der Waals surface area contributed by atoms with Crippen LogP contribution in [0.2, 0.25) is 0 Å². The van der Waals surface area contributed by atoms with Gasteiger partial charge in [0.15, 0.2) is 0 Å². The molecule has 1 aromatic carbocycles. The van der Waals surface area contributed by atoms with Crippen molar-refractivity contribution in [3.8, 4) is 11.6 Å². The summed E-state index contributed by atoms with van der Waals surface area (Å²) in [6, 6.07) is 8.29. The summed E-state index contributed by atoms with van der Waals surface area (Å²) in [4.78, 5) is 4.34. The Hall–Kier alpha value is -1.46. The Bertz CT molecular complexity index is 567. The SMILES string of the molecule is CCc1cc(CN)cc(Oc2ccc(Br)c(F)c2)n1. The normalized spacial score (nSPS) is 10.5. The molecule has 2 rings (SSSR count). The molecule has 0 aliphatic carbocycles. The maximum absolute atomic E-state index is 13.4. The largest absolute Gasteiger partial charge is 0.439 e. The van der Waals surface area contributed by atoms with Gasteiger partial charge < -0.3 is 10.5 Å². The quantitative estimate of drug-likeness (QED) is 0.930. The fourth-order valence-corrected chi connectivity index (χ4v) is 1.88. The predicted octanol–water partition coefficient (Wildman–Crippen LogP) is 3.80. The molecule has 100 valence electrons. The molecule has 0 aliphatic heterocycles. The van der Waals surface area contributed by atoms with Crippen molar-refractivity contribution < 1.29 is 9.13 Å². The third-order valence-electron chi connectivity index (χ3n) is 2.63. The van der Waals surface area contributed by atoms with E-state index in [-0.39, 0.29) is 5.82 Å². The van der Waals surface area contributed by atoms with Gasteiger partial charge in [0.1, 0.15) is 11.6 Å². The number of rotatable bonds is 4. The summed E-state index contributed by atoms with van der Waals surface area (Å²) < 4.78 is 19.4. The molecule has 0 spiro atoms. The van der Waals surface area contributed by atoms with Crippen LogP contribution in [0, 0.1) is 5.82 Å². The molecule has 0 bridgehead atoms. The van der Waals surface area contributed by atoms with E-state index in [2.05, 4.69) is 20.9 Å². The first-order valence-electron chi connectivity index (χ1n) is 5.95. The number of halogens is 2. The number of aromatic nitrogens is 1. The van der Waals surface area contributed by atoms with Crippen LogP contribution < -0.4 is 10.5 Å². The number of hydrogen-bond donors (Lipinski definition) is 1. The van der Waals surface area contributed by atoms with Crippen LogP contribution in [0.1, 0.15) is 18.2 Å². The van der Waals surface area contributed by atoms with Crippen molar-refractivity contribution in [2.75, 3.05) is 0 Å². The van der Waals surface area contributed by atoms with E-state index in [4.69, 9.17) is 10.5 Å². The first-order chi connectivity index (χ1) is 9.12. The molecule has 0 saturated heterocycles. The fourth-order valence-electron chi connectivity index (χ4n) is 1.63. The Labute approximate surface area is 119 Å². The van der Waals surface area contributed by atoms with Crippen molar-refractivity contribution in [2.24, 2.45) is 5.73 Å². The highest BCUT2D eigenvalue weighted by atomic mass is 79.9. The highest BCUT2D eigenvalue weighted by Gasteiger charge is 2.06. The third kappa shape index (κ3) is 3.52. The van der Waals surface area contributed by atoms with Crippen molar-refractivity contribution in [2.45, 2.75) is 19.9 Å². The first-order valence-corrected chi connectivity index (χ1v) is 6.74. The van der Waals surface area contributed by atoms with Gasteiger partial charge in [0.25, 0.3) is 0 Å². The zero-order chi connectivity index (χ0) is 13.8. The van der Waals surface area contributed by atoms with Gasteiger partial charge in [0.2, 0.25) is 5.88 Å². The van der Waals surface area contributed by atoms with Crippen LogP contribution in [0.4, 0.5) is 4.39 Å². The van der Waals surface area contributed by atoms with Gasteiger partial charge in [-0.2, -0.15) is 0 Å². The lowest BCUT2D eigenvalue weighted by molar-refractivity contribution is 0.455. The number of aryl methyl sites for hydroxylation is 1. The number of ether oxygens (including phenoxy) is 1. The summed E-state index contributed by atoms with van der Waals surface area (Å²) in [5.41, 5.74) is 7.47. The minimum absolute atomic E-state index is 0.372. The molecule has 0 atom stereocenters. The lowest BCUT2D eigenvalue weighted by Crippen LogP contribution is -2.01. The maximum Gasteiger partial charge on any atom is 0.219 e. The van der Waals surface area contributed by atoms with Crippen LogP contribution in [-0.4, -0.2) is 4.98 Å². The van der Waals surface area contributed by atoms with Gasteiger partial charge in [-0.3, -0.25) is 0 Å². The van der Waals surface area contributed by atoms with Crippen LogP contribution in [0.5, 0.6) is 11.6 Å². The van der Waals surface area contributed by atoms with E-state index in [1.807, 2.05) is 13.0 Å². The first kappa shape index (κ1) is 14.0. The molecule has 0 saturated carbocycles. The van der Waals surface area contributed by atoms with Gasteiger partial charge in [0, 0.05) is 24.4 Å². The highest BCUT2D eigenvalue weighted by Crippen LogP contribution is 2.25. The second kappa shape index (κ2) is 6.12. The molecular formula is C14H14BrFN2O. The number of benzene rings is 1. The van der Waals surface area contributed by atoms with Crippen LogP contribution >= 0.6 is 15.9 Å². The molecular weight excluding hydrogens is 311 g/mol. The molecule has 0 amide bonds. The highest BCUT2D eigenvalue weighted by molar-refractivity contribution is 9.10. The molecule has 0 fully saturated rings. The van der Waals surface area contributed by atoms with Crippen LogP contribution in [0.15, 0.2) is 34.8 Å². The number of nitrogens with two attached hydrogens (primary N) is 1. The molecule has 19 heavy (non-hydrogen) atoms. The zero-order valence-corrected chi connectivity index (χ0v) is 12.1. The molecule has 2 aromatic rings. The lowest BCUT2D eigenvalue weighted by atomic mass is 10.2. The van der Waals surface area contributed by atoms with Crippen LogP contribution in [0.25, 0.3) is 0 Å². The summed E-state index contributed by atoms with van der Waals surface area (Å²) in [5.74, 6) is 0.467. The zero-order valence-electron chi connectivity index (χ0n) is 10.5. The van der Waals surface area contributed by atoms with E-state index in [0.29, 0.717) is 22.6 Å². The molecule has 5 heteroatoms. The predicted molar refractivity (Wildman–Crippen MR) is 75.7 cm³/mol. The van der Waals surface area contributed by atoms with Crippen molar-refractivity contribution in [3.05, 3.63) is 51.9 Å².